The van der Waals surface area contributed by atoms with Crippen LogP contribution in [0, 0.1) is 23.7 Å². The number of hydrogen-bond donors (Lipinski definition) is 4. The lowest BCUT2D eigenvalue weighted by atomic mass is 10.1. The number of carbonyl (C=O) groups is 2. The smallest absolute Gasteiger partial charge is 0.268 e. The first-order chi connectivity index (χ1) is 13.0. The first-order valence-electron chi connectivity index (χ1n) is 8.11. The number of aliphatic hydroxyl groups is 1. The van der Waals surface area contributed by atoms with Crippen molar-refractivity contribution in [1.82, 2.24) is 10.8 Å². The lowest BCUT2D eigenvalue weighted by molar-refractivity contribution is -0.133. The highest BCUT2D eigenvalue weighted by atomic mass is 16.5. The molecule has 0 fully saturated rings. The zero-order valence-corrected chi connectivity index (χ0v) is 14.6. The van der Waals surface area contributed by atoms with E-state index in [2.05, 4.69) is 29.0 Å². The van der Waals surface area contributed by atoms with Gasteiger partial charge in [0.2, 0.25) is 0 Å². The van der Waals surface area contributed by atoms with E-state index in [9.17, 15) is 14.7 Å². The number of amides is 2. The third-order valence-corrected chi connectivity index (χ3v) is 3.56. The van der Waals surface area contributed by atoms with Gasteiger partial charge in [-0.3, -0.25) is 14.8 Å². The quantitative estimate of drug-likeness (QED) is 0.372. The summed E-state index contributed by atoms with van der Waals surface area (Å²) in [6, 6.07) is 14.6. The Labute approximate surface area is 157 Å². The molecule has 0 saturated carbocycles. The predicted octanol–water partition coefficient (Wildman–Crippen LogP) is 1.07. The number of aliphatic hydroxyl groups excluding tert-OH is 1. The van der Waals surface area contributed by atoms with Crippen LogP contribution in [0.4, 0.5) is 0 Å². The highest BCUT2D eigenvalue weighted by molar-refractivity contribution is 5.97. The fourth-order valence-corrected chi connectivity index (χ4v) is 2.13. The van der Waals surface area contributed by atoms with E-state index in [4.69, 9.17) is 5.21 Å². The van der Waals surface area contributed by atoms with Crippen molar-refractivity contribution in [1.29, 1.82) is 0 Å². The van der Waals surface area contributed by atoms with Crippen molar-refractivity contribution in [3.63, 3.8) is 0 Å². The average Bonchev–Trinajstić information content (AvgIpc) is 2.69. The zero-order chi connectivity index (χ0) is 19.6. The largest absolute Gasteiger partial charge is 0.391 e. The number of hydrogen-bond acceptors (Lipinski definition) is 4. The van der Waals surface area contributed by atoms with E-state index in [1.54, 1.807) is 24.3 Å². The highest BCUT2D eigenvalue weighted by Crippen LogP contribution is 2.05. The van der Waals surface area contributed by atoms with Crippen molar-refractivity contribution in [3.8, 4) is 23.7 Å². The molecule has 0 aromatic heterocycles. The van der Waals surface area contributed by atoms with Gasteiger partial charge in [-0.2, -0.15) is 0 Å². The van der Waals surface area contributed by atoms with Gasteiger partial charge in [0.1, 0.15) is 6.04 Å². The van der Waals surface area contributed by atoms with Crippen LogP contribution in [0.25, 0.3) is 0 Å². The maximum Gasteiger partial charge on any atom is 0.268 e. The van der Waals surface area contributed by atoms with Crippen molar-refractivity contribution < 1.29 is 19.9 Å². The minimum atomic E-state index is -1.27. The topological polar surface area (TPSA) is 98.7 Å². The van der Waals surface area contributed by atoms with Crippen LogP contribution >= 0.6 is 0 Å². The third kappa shape index (κ3) is 6.02. The Morgan fingerprint density at radius 1 is 0.926 bits per heavy atom. The Hall–Kier alpha value is -3.58. The molecule has 2 aromatic rings. The summed E-state index contributed by atoms with van der Waals surface area (Å²) in [5, 5.41) is 20.6. The highest BCUT2D eigenvalue weighted by Gasteiger charge is 2.25. The van der Waals surface area contributed by atoms with Gasteiger partial charge in [0, 0.05) is 16.7 Å². The van der Waals surface area contributed by atoms with Crippen LogP contribution in [0.5, 0.6) is 0 Å². The first-order valence-corrected chi connectivity index (χ1v) is 8.11. The van der Waals surface area contributed by atoms with Crippen molar-refractivity contribution in [2.75, 3.05) is 0 Å². The van der Waals surface area contributed by atoms with Crippen LogP contribution in [0.15, 0.2) is 54.6 Å². The summed E-state index contributed by atoms with van der Waals surface area (Å²) in [5.41, 5.74) is 3.24. The second-order valence-electron chi connectivity index (χ2n) is 5.61. The molecule has 27 heavy (non-hydrogen) atoms. The second-order valence-corrected chi connectivity index (χ2v) is 5.61. The van der Waals surface area contributed by atoms with Gasteiger partial charge in [-0.05, 0) is 55.2 Å². The van der Waals surface area contributed by atoms with Gasteiger partial charge >= 0.3 is 0 Å². The lowest BCUT2D eigenvalue weighted by Crippen LogP contribution is -2.51. The van der Waals surface area contributed by atoms with Gasteiger partial charge in [0.25, 0.3) is 11.8 Å². The molecule has 0 aliphatic heterocycles. The van der Waals surface area contributed by atoms with Crippen molar-refractivity contribution >= 4 is 11.8 Å². The Bertz CT molecular complexity index is 914. The molecule has 6 nitrogen and oxygen atoms in total. The molecule has 0 bridgehead atoms. The third-order valence-electron chi connectivity index (χ3n) is 3.56. The fraction of sp³-hybridized carbons (Fsp3) is 0.143. The predicted molar refractivity (Wildman–Crippen MR) is 99.5 cm³/mol. The standard InChI is InChI=1S/C21H18N2O4/c1-15(24)19(21(26)23-27)22-20(25)18-13-11-17(12-14-18)10-6-5-9-16-7-3-2-4-8-16/h2-4,7-8,11-15,19,24,27H,1H3,(H,22,25)(H,23,26)/t15-,19?/m1/s1. The monoisotopic (exact) mass is 362 g/mol. The Morgan fingerprint density at radius 2 is 1.48 bits per heavy atom. The van der Waals surface area contributed by atoms with E-state index in [0.717, 1.165) is 5.56 Å². The molecule has 2 rings (SSSR count). The van der Waals surface area contributed by atoms with Gasteiger partial charge in [-0.15, -0.1) is 0 Å². The molecule has 0 saturated heterocycles. The summed E-state index contributed by atoms with van der Waals surface area (Å²) in [6.45, 7) is 1.33. The molecule has 0 spiro atoms. The Balaban J connectivity index is 2.03. The number of nitrogens with one attached hydrogen (secondary N) is 2. The van der Waals surface area contributed by atoms with Crippen molar-refractivity contribution in [2.24, 2.45) is 0 Å². The summed E-state index contributed by atoms with van der Waals surface area (Å²) in [7, 11) is 0. The van der Waals surface area contributed by atoms with Crippen LogP contribution in [0.1, 0.15) is 28.4 Å². The molecule has 2 atom stereocenters. The minimum Gasteiger partial charge on any atom is -0.391 e. The summed E-state index contributed by atoms with van der Waals surface area (Å²) in [5.74, 6) is 9.83. The number of benzene rings is 2. The Kier molecular flexibility index (Phi) is 7.16. The maximum atomic E-state index is 12.2. The van der Waals surface area contributed by atoms with Gasteiger partial charge in [-0.1, -0.05) is 30.0 Å². The fourth-order valence-electron chi connectivity index (χ4n) is 2.13. The number of rotatable bonds is 4. The molecule has 1 unspecified atom stereocenters. The van der Waals surface area contributed by atoms with Gasteiger partial charge < -0.3 is 10.4 Å². The molecular weight excluding hydrogens is 344 g/mol. The summed E-state index contributed by atoms with van der Waals surface area (Å²) in [6.07, 6.45) is -1.17. The SMILES string of the molecule is C[C@@H](O)C(NC(=O)c1ccc(C#CC#Cc2ccccc2)cc1)C(=O)NO. The minimum absolute atomic E-state index is 0.285. The number of hydroxylamine groups is 1. The Morgan fingerprint density at radius 3 is 2.00 bits per heavy atom. The van der Waals surface area contributed by atoms with Crippen LogP contribution in [-0.4, -0.2) is 34.3 Å². The first kappa shape index (κ1) is 19.7. The second kappa shape index (κ2) is 9.79. The lowest BCUT2D eigenvalue weighted by Gasteiger charge is -2.19. The van der Waals surface area contributed by atoms with E-state index in [0.29, 0.717) is 5.56 Å². The van der Waals surface area contributed by atoms with E-state index < -0.39 is 24.0 Å². The molecule has 0 radical (unpaired) electrons. The molecule has 0 aliphatic rings. The maximum absolute atomic E-state index is 12.2. The van der Waals surface area contributed by atoms with E-state index in [-0.39, 0.29) is 5.56 Å². The number of carbonyl (C=O) groups excluding carboxylic acids is 2. The normalized spacial score (nSPS) is 11.7. The molecule has 0 aliphatic carbocycles. The van der Waals surface area contributed by atoms with Crippen molar-refractivity contribution in [2.45, 2.75) is 19.1 Å². The summed E-state index contributed by atoms with van der Waals surface area (Å²) in [4.78, 5) is 23.6. The molecule has 2 amide bonds. The van der Waals surface area contributed by atoms with Gasteiger partial charge in [0.15, 0.2) is 0 Å². The van der Waals surface area contributed by atoms with Crippen molar-refractivity contribution in [3.05, 3.63) is 71.3 Å². The molecule has 4 N–H and O–H groups in total. The zero-order valence-electron chi connectivity index (χ0n) is 14.6. The van der Waals surface area contributed by atoms with E-state index in [1.165, 1.54) is 12.4 Å². The molecule has 136 valence electrons. The molecule has 0 heterocycles. The van der Waals surface area contributed by atoms with Gasteiger partial charge in [0.05, 0.1) is 6.10 Å². The molecular formula is C21H18N2O4. The average molecular weight is 362 g/mol. The van der Waals surface area contributed by atoms with Gasteiger partial charge in [-0.25, -0.2) is 5.48 Å². The molecule has 6 heteroatoms. The van der Waals surface area contributed by atoms with Crippen LogP contribution in [0.3, 0.4) is 0 Å². The van der Waals surface area contributed by atoms with Crippen LogP contribution in [-0.2, 0) is 4.79 Å². The summed E-state index contributed by atoms with van der Waals surface area (Å²) >= 11 is 0. The van der Waals surface area contributed by atoms with E-state index >= 15 is 0 Å². The van der Waals surface area contributed by atoms with Crippen LogP contribution in [0.2, 0.25) is 0 Å². The van der Waals surface area contributed by atoms with E-state index in [1.807, 2.05) is 30.3 Å². The summed E-state index contributed by atoms with van der Waals surface area (Å²) < 4.78 is 0. The van der Waals surface area contributed by atoms with Crippen LogP contribution < -0.4 is 10.8 Å². The molecule has 2 aromatic carbocycles.